The van der Waals surface area contributed by atoms with E-state index in [0.717, 1.165) is 5.56 Å². The van der Waals surface area contributed by atoms with Crippen LogP contribution in [0.3, 0.4) is 0 Å². The van der Waals surface area contributed by atoms with Gasteiger partial charge in [0.2, 0.25) is 5.91 Å². The van der Waals surface area contributed by atoms with E-state index in [2.05, 4.69) is 5.32 Å². The molecule has 1 amide bonds. The summed E-state index contributed by atoms with van der Waals surface area (Å²) in [6, 6.07) is 5.21. The van der Waals surface area contributed by atoms with Gasteiger partial charge in [0.1, 0.15) is 0 Å². The highest BCUT2D eigenvalue weighted by Gasteiger charge is 2.25. The number of carbonyl (C=O) groups excluding carboxylic acids is 1. The van der Waals surface area contributed by atoms with Crippen molar-refractivity contribution < 1.29 is 14.6 Å². The maximum absolute atomic E-state index is 12.2. The topological polar surface area (TPSA) is 61.8 Å². The van der Waals surface area contributed by atoms with Crippen molar-refractivity contribution in [2.24, 2.45) is 0 Å². The van der Waals surface area contributed by atoms with Crippen LogP contribution in [0.5, 0.6) is 0 Å². The minimum atomic E-state index is -0.0573. The first-order chi connectivity index (χ1) is 9.99. The molecule has 1 aromatic rings. The first-order valence-electron chi connectivity index (χ1n) is 7.06. The van der Waals surface area contributed by atoms with E-state index in [0.29, 0.717) is 23.8 Å². The van der Waals surface area contributed by atoms with Crippen molar-refractivity contribution in [1.82, 2.24) is 4.90 Å². The van der Waals surface area contributed by atoms with Crippen LogP contribution in [-0.2, 0) is 16.1 Å². The molecule has 2 atom stereocenters. The van der Waals surface area contributed by atoms with Crippen LogP contribution < -0.4 is 5.32 Å². The largest absolute Gasteiger partial charge is 0.392 e. The number of halogens is 1. The average molecular weight is 313 g/mol. The third kappa shape index (κ3) is 4.33. The molecule has 0 radical (unpaired) electrons. The number of rotatable bonds is 4. The van der Waals surface area contributed by atoms with Gasteiger partial charge in [-0.1, -0.05) is 17.7 Å². The Morgan fingerprint density at radius 1 is 1.43 bits per heavy atom. The molecule has 1 aromatic carbocycles. The van der Waals surface area contributed by atoms with Gasteiger partial charge >= 0.3 is 0 Å². The number of aliphatic hydroxyl groups excluding tert-OH is 1. The van der Waals surface area contributed by atoms with Crippen LogP contribution >= 0.6 is 11.6 Å². The summed E-state index contributed by atoms with van der Waals surface area (Å²) in [5.41, 5.74) is 1.41. The Bertz CT molecular complexity index is 500. The summed E-state index contributed by atoms with van der Waals surface area (Å²) in [4.78, 5) is 14.0. The number of nitrogens with zero attached hydrogens (tertiary/aromatic N) is 1. The van der Waals surface area contributed by atoms with Crippen LogP contribution in [-0.4, -0.2) is 47.8 Å². The van der Waals surface area contributed by atoms with Crippen LogP contribution in [0.1, 0.15) is 19.4 Å². The first-order valence-corrected chi connectivity index (χ1v) is 7.43. The lowest BCUT2D eigenvalue weighted by molar-refractivity contribution is -0.141. The van der Waals surface area contributed by atoms with Gasteiger partial charge in [-0.3, -0.25) is 4.79 Å². The van der Waals surface area contributed by atoms with Gasteiger partial charge in [-0.2, -0.15) is 0 Å². The summed E-state index contributed by atoms with van der Waals surface area (Å²) < 4.78 is 5.62. The summed E-state index contributed by atoms with van der Waals surface area (Å²) in [6.07, 6.45) is 0.109. The maximum Gasteiger partial charge on any atom is 0.242 e. The van der Waals surface area contributed by atoms with Crippen molar-refractivity contribution in [1.29, 1.82) is 0 Å². The van der Waals surface area contributed by atoms with E-state index < -0.39 is 0 Å². The Balaban J connectivity index is 1.94. The number of carbonyl (C=O) groups is 1. The zero-order valence-electron chi connectivity index (χ0n) is 12.3. The molecular weight excluding hydrogens is 292 g/mol. The fourth-order valence-electron chi connectivity index (χ4n) is 2.47. The molecule has 0 aliphatic carbocycles. The second kappa shape index (κ2) is 7.11. The van der Waals surface area contributed by atoms with E-state index in [4.69, 9.17) is 21.4 Å². The molecule has 0 saturated carbocycles. The number of amides is 1. The van der Waals surface area contributed by atoms with E-state index in [1.165, 1.54) is 0 Å². The summed E-state index contributed by atoms with van der Waals surface area (Å²) in [6.45, 7) is 5.26. The highest BCUT2D eigenvalue weighted by molar-refractivity contribution is 6.33. The Hall–Kier alpha value is -1.30. The molecule has 1 heterocycles. The lowest BCUT2D eigenvalue weighted by Crippen LogP contribution is -2.49. The van der Waals surface area contributed by atoms with Gasteiger partial charge in [0, 0.05) is 13.1 Å². The van der Waals surface area contributed by atoms with Crippen molar-refractivity contribution in [2.75, 3.05) is 25.0 Å². The Morgan fingerprint density at radius 3 is 2.71 bits per heavy atom. The van der Waals surface area contributed by atoms with Crippen LogP contribution in [0.15, 0.2) is 18.2 Å². The number of anilines is 1. The minimum absolute atomic E-state index is 0.0162. The Labute approximate surface area is 129 Å². The van der Waals surface area contributed by atoms with Crippen molar-refractivity contribution in [3.8, 4) is 0 Å². The SMILES string of the molecule is CC1CN(C(=O)CNc2cc(CO)ccc2Cl)CC(C)O1. The lowest BCUT2D eigenvalue weighted by atomic mass is 10.2. The van der Waals surface area contributed by atoms with Gasteiger partial charge in [-0.25, -0.2) is 0 Å². The van der Waals surface area contributed by atoms with Gasteiger partial charge in [0.05, 0.1) is 36.1 Å². The second-order valence-electron chi connectivity index (χ2n) is 5.38. The molecule has 1 aliphatic heterocycles. The van der Waals surface area contributed by atoms with Crippen LogP contribution in [0, 0.1) is 0 Å². The first kappa shape index (κ1) is 16.1. The summed E-state index contributed by atoms with van der Waals surface area (Å²) >= 11 is 6.08. The normalized spacial score (nSPS) is 22.2. The van der Waals surface area contributed by atoms with E-state index in [9.17, 15) is 4.79 Å². The average Bonchev–Trinajstić information content (AvgIpc) is 2.45. The minimum Gasteiger partial charge on any atom is -0.392 e. The number of nitrogens with one attached hydrogen (secondary N) is 1. The molecule has 6 heteroatoms. The van der Waals surface area contributed by atoms with Gasteiger partial charge in [-0.15, -0.1) is 0 Å². The van der Waals surface area contributed by atoms with E-state index in [1.54, 1.807) is 23.1 Å². The number of hydrogen-bond acceptors (Lipinski definition) is 4. The molecule has 0 aromatic heterocycles. The predicted molar refractivity (Wildman–Crippen MR) is 82.5 cm³/mol. The Kier molecular flexibility index (Phi) is 5.45. The van der Waals surface area contributed by atoms with Crippen LogP contribution in [0.2, 0.25) is 5.02 Å². The van der Waals surface area contributed by atoms with Gasteiger partial charge in [0.25, 0.3) is 0 Å². The summed E-state index contributed by atoms with van der Waals surface area (Å²) in [7, 11) is 0. The molecule has 2 N–H and O–H groups in total. The molecule has 2 unspecified atom stereocenters. The number of morpholine rings is 1. The quantitative estimate of drug-likeness (QED) is 0.891. The second-order valence-corrected chi connectivity index (χ2v) is 5.79. The zero-order valence-corrected chi connectivity index (χ0v) is 13.1. The van der Waals surface area contributed by atoms with Crippen LogP contribution in [0.25, 0.3) is 0 Å². The Morgan fingerprint density at radius 2 is 2.10 bits per heavy atom. The lowest BCUT2D eigenvalue weighted by Gasteiger charge is -2.35. The molecule has 1 aliphatic rings. The predicted octanol–water partition coefficient (Wildman–Crippen LogP) is 1.88. The number of ether oxygens (including phenoxy) is 1. The van der Waals surface area contributed by atoms with Gasteiger partial charge in [-0.05, 0) is 31.5 Å². The molecule has 0 bridgehead atoms. The van der Waals surface area contributed by atoms with Gasteiger partial charge < -0.3 is 20.1 Å². The number of aliphatic hydroxyl groups is 1. The highest BCUT2D eigenvalue weighted by Crippen LogP contribution is 2.23. The molecule has 1 fully saturated rings. The van der Waals surface area contributed by atoms with Gasteiger partial charge in [0.15, 0.2) is 0 Å². The van der Waals surface area contributed by atoms with Crippen LogP contribution in [0.4, 0.5) is 5.69 Å². The fourth-order valence-corrected chi connectivity index (χ4v) is 2.65. The van der Waals surface area contributed by atoms with Crippen molar-refractivity contribution in [3.63, 3.8) is 0 Å². The van der Waals surface area contributed by atoms with Crippen molar-refractivity contribution in [2.45, 2.75) is 32.7 Å². The monoisotopic (exact) mass is 312 g/mol. The summed E-state index contributed by atoms with van der Waals surface area (Å²) in [5.74, 6) is 0.0162. The fraction of sp³-hybridized carbons (Fsp3) is 0.533. The molecule has 116 valence electrons. The third-order valence-corrected chi connectivity index (χ3v) is 3.75. The molecule has 21 heavy (non-hydrogen) atoms. The molecule has 0 spiro atoms. The number of benzene rings is 1. The van der Waals surface area contributed by atoms with E-state index >= 15 is 0 Å². The van der Waals surface area contributed by atoms with E-state index in [1.807, 2.05) is 13.8 Å². The molecule has 5 nitrogen and oxygen atoms in total. The molecule has 1 saturated heterocycles. The summed E-state index contributed by atoms with van der Waals surface area (Å²) in [5, 5.41) is 12.7. The number of hydrogen-bond donors (Lipinski definition) is 2. The van der Waals surface area contributed by atoms with Crippen molar-refractivity contribution >= 4 is 23.2 Å². The molecular formula is C15H21ClN2O3. The molecule has 2 rings (SSSR count). The standard InChI is InChI=1S/C15H21ClN2O3/c1-10-7-18(8-11(2)21-10)15(20)6-17-14-5-12(9-19)3-4-13(14)16/h3-5,10-11,17,19H,6-9H2,1-2H3. The highest BCUT2D eigenvalue weighted by atomic mass is 35.5. The van der Waals surface area contributed by atoms with E-state index in [-0.39, 0.29) is 31.3 Å². The zero-order chi connectivity index (χ0) is 15.4. The smallest absolute Gasteiger partial charge is 0.242 e. The third-order valence-electron chi connectivity index (χ3n) is 3.42. The maximum atomic E-state index is 12.2. The van der Waals surface area contributed by atoms with Crippen molar-refractivity contribution in [3.05, 3.63) is 28.8 Å².